The van der Waals surface area contributed by atoms with E-state index < -0.39 is 0 Å². The highest BCUT2D eigenvalue weighted by molar-refractivity contribution is 5.26. The summed E-state index contributed by atoms with van der Waals surface area (Å²) in [7, 11) is 0. The minimum absolute atomic E-state index is 0.347. The van der Waals surface area contributed by atoms with Gasteiger partial charge in [-0.2, -0.15) is 0 Å². The van der Waals surface area contributed by atoms with E-state index in [-0.39, 0.29) is 0 Å². The van der Waals surface area contributed by atoms with Gasteiger partial charge < -0.3 is 10.2 Å². The highest BCUT2D eigenvalue weighted by Crippen LogP contribution is 2.47. The molecular weight excluding hydrogens is 272 g/mol. The zero-order valence-electron chi connectivity index (χ0n) is 12.8. The van der Waals surface area contributed by atoms with Crippen molar-refractivity contribution in [3.8, 4) is 0 Å². The van der Waals surface area contributed by atoms with Gasteiger partial charge in [0.05, 0.1) is 0 Å². The zero-order chi connectivity index (χ0) is 15.4. The van der Waals surface area contributed by atoms with E-state index in [9.17, 15) is 0 Å². The van der Waals surface area contributed by atoms with Crippen LogP contribution in [0.5, 0.6) is 0 Å². The van der Waals surface area contributed by atoms with Crippen molar-refractivity contribution in [1.29, 1.82) is 0 Å². The van der Waals surface area contributed by atoms with Crippen molar-refractivity contribution in [2.75, 3.05) is 13.2 Å². The second-order valence-electron chi connectivity index (χ2n) is 6.39. The Morgan fingerprint density at radius 2 is 1.00 bits per heavy atom. The predicted octanol–water partition coefficient (Wildman–Crippen LogP) is 3.56. The number of benzene rings is 2. The van der Waals surface area contributed by atoms with Gasteiger partial charge in [-0.1, -0.05) is 60.7 Å². The third-order valence-electron chi connectivity index (χ3n) is 4.77. The van der Waals surface area contributed by atoms with Gasteiger partial charge in [0.25, 0.3) is 0 Å². The molecule has 4 rings (SSSR count). The molecule has 2 aromatic carbocycles. The van der Waals surface area contributed by atoms with Crippen LogP contribution in [0.4, 0.5) is 0 Å². The molecule has 2 aromatic rings. The molecule has 116 valence electrons. The molecule has 0 unspecified atom stereocenters. The fourth-order valence-corrected chi connectivity index (χ4v) is 3.12. The third-order valence-corrected chi connectivity index (χ3v) is 4.77. The molecule has 0 radical (unpaired) electrons. The number of hydrogen-bond acceptors (Lipinski definition) is 2. The van der Waals surface area contributed by atoms with Crippen LogP contribution in [0.2, 0.25) is 0 Å². The van der Waals surface area contributed by atoms with E-state index in [2.05, 4.69) is 48.5 Å². The van der Waals surface area contributed by atoms with E-state index in [0.717, 1.165) is 0 Å². The maximum atomic E-state index is 8.84. The molecular formula is C20H24O2. The molecule has 2 saturated carbocycles. The molecule has 2 aliphatic rings. The van der Waals surface area contributed by atoms with Crippen LogP contribution in [0.3, 0.4) is 0 Å². The molecule has 2 heteroatoms. The van der Waals surface area contributed by atoms with Crippen molar-refractivity contribution in [3.63, 3.8) is 0 Å². The topological polar surface area (TPSA) is 40.5 Å². The minimum Gasteiger partial charge on any atom is -0.396 e. The Hall–Kier alpha value is -1.64. The Labute approximate surface area is 132 Å². The highest BCUT2D eigenvalue weighted by atomic mass is 16.3. The largest absolute Gasteiger partial charge is 0.396 e. The minimum atomic E-state index is 0.347. The number of hydrogen-bond donors (Lipinski definition) is 2. The van der Waals surface area contributed by atoms with Gasteiger partial charge in [0.1, 0.15) is 0 Å². The molecule has 22 heavy (non-hydrogen) atoms. The summed E-state index contributed by atoms with van der Waals surface area (Å²) in [5.74, 6) is 2.36. The van der Waals surface area contributed by atoms with Crippen LogP contribution in [-0.2, 0) is 0 Å². The summed E-state index contributed by atoms with van der Waals surface area (Å²) in [4.78, 5) is 0. The smallest absolute Gasteiger partial charge is 0.0465 e. The Balaban J connectivity index is 0.000000131. The fourth-order valence-electron chi connectivity index (χ4n) is 3.12. The standard InChI is InChI=1S/2C10H12O/c2*11-7-9-6-10(9)8-4-2-1-3-5-8/h2*1-5,9-11H,6-7H2/t2*9-,10-/m10/s1. The first-order valence-corrected chi connectivity index (χ1v) is 8.15. The van der Waals surface area contributed by atoms with E-state index in [1.165, 1.54) is 24.0 Å². The summed E-state index contributed by atoms with van der Waals surface area (Å²) in [5.41, 5.74) is 2.76. The quantitative estimate of drug-likeness (QED) is 0.905. The van der Waals surface area contributed by atoms with Crippen LogP contribution in [0, 0.1) is 11.8 Å². The van der Waals surface area contributed by atoms with Crippen LogP contribution >= 0.6 is 0 Å². The van der Waals surface area contributed by atoms with Crippen molar-refractivity contribution in [1.82, 2.24) is 0 Å². The van der Waals surface area contributed by atoms with Crippen LogP contribution in [0.1, 0.15) is 35.8 Å². The summed E-state index contributed by atoms with van der Waals surface area (Å²) < 4.78 is 0. The summed E-state index contributed by atoms with van der Waals surface area (Å²) in [6, 6.07) is 20.8. The lowest BCUT2D eigenvalue weighted by Crippen LogP contribution is -1.87. The van der Waals surface area contributed by atoms with Gasteiger partial charge >= 0.3 is 0 Å². The Morgan fingerprint density at radius 3 is 1.27 bits per heavy atom. The van der Waals surface area contributed by atoms with Gasteiger partial charge in [0.2, 0.25) is 0 Å². The van der Waals surface area contributed by atoms with E-state index in [4.69, 9.17) is 10.2 Å². The third kappa shape index (κ3) is 3.76. The summed E-state index contributed by atoms with van der Waals surface area (Å²) in [6.45, 7) is 0.694. The van der Waals surface area contributed by atoms with Crippen molar-refractivity contribution >= 4 is 0 Å². The molecule has 2 N–H and O–H groups in total. The van der Waals surface area contributed by atoms with Crippen LogP contribution in [0.15, 0.2) is 60.7 Å². The molecule has 0 spiro atoms. The number of aliphatic hydroxyl groups excluding tert-OH is 2. The van der Waals surface area contributed by atoms with E-state index >= 15 is 0 Å². The first-order chi connectivity index (χ1) is 10.8. The Bertz CT molecular complexity index is 513. The zero-order valence-corrected chi connectivity index (χ0v) is 12.8. The SMILES string of the molecule is OC[C@@H]1C[C@H]1c1ccccc1.OC[C@H]1C[C@@H]1c1ccccc1. The molecule has 2 fully saturated rings. The summed E-state index contributed by atoms with van der Waals surface area (Å²) >= 11 is 0. The van der Waals surface area contributed by atoms with Crippen LogP contribution in [0.25, 0.3) is 0 Å². The molecule has 2 nitrogen and oxygen atoms in total. The van der Waals surface area contributed by atoms with Gasteiger partial charge in [0.15, 0.2) is 0 Å². The monoisotopic (exact) mass is 296 g/mol. The Morgan fingerprint density at radius 1 is 0.636 bits per heavy atom. The predicted molar refractivity (Wildman–Crippen MR) is 88.8 cm³/mol. The maximum Gasteiger partial charge on any atom is 0.0465 e. The van der Waals surface area contributed by atoms with E-state index in [0.29, 0.717) is 36.9 Å². The van der Waals surface area contributed by atoms with Gasteiger partial charge in [-0.25, -0.2) is 0 Å². The average Bonchev–Trinajstić information content (AvgIpc) is 3.50. The lowest BCUT2D eigenvalue weighted by Gasteiger charge is -1.96. The van der Waals surface area contributed by atoms with Crippen LogP contribution in [-0.4, -0.2) is 23.4 Å². The van der Waals surface area contributed by atoms with Gasteiger partial charge in [-0.15, -0.1) is 0 Å². The highest BCUT2D eigenvalue weighted by Gasteiger charge is 2.37. The Kier molecular flexibility index (Phi) is 4.91. The lowest BCUT2D eigenvalue weighted by molar-refractivity contribution is 0.273. The second kappa shape index (κ2) is 7.08. The number of rotatable bonds is 4. The molecule has 0 bridgehead atoms. The fraction of sp³-hybridized carbons (Fsp3) is 0.400. The van der Waals surface area contributed by atoms with Crippen molar-refractivity contribution in [2.45, 2.75) is 24.7 Å². The average molecular weight is 296 g/mol. The van der Waals surface area contributed by atoms with Crippen molar-refractivity contribution in [2.24, 2.45) is 11.8 Å². The van der Waals surface area contributed by atoms with Crippen molar-refractivity contribution < 1.29 is 10.2 Å². The summed E-state index contributed by atoms with van der Waals surface area (Å²) in [5, 5.41) is 17.7. The van der Waals surface area contributed by atoms with E-state index in [1.54, 1.807) is 0 Å². The van der Waals surface area contributed by atoms with Gasteiger partial charge in [-0.3, -0.25) is 0 Å². The first-order valence-electron chi connectivity index (χ1n) is 8.15. The van der Waals surface area contributed by atoms with E-state index in [1.807, 2.05) is 12.1 Å². The first kappa shape index (κ1) is 15.3. The molecule has 0 aliphatic heterocycles. The molecule has 4 atom stereocenters. The second-order valence-corrected chi connectivity index (χ2v) is 6.39. The van der Waals surface area contributed by atoms with Crippen molar-refractivity contribution in [3.05, 3.63) is 71.8 Å². The van der Waals surface area contributed by atoms with Gasteiger partial charge in [0, 0.05) is 13.2 Å². The maximum absolute atomic E-state index is 8.84. The van der Waals surface area contributed by atoms with Gasteiger partial charge in [-0.05, 0) is 47.6 Å². The molecule has 0 saturated heterocycles. The number of aliphatic hydroxyl groups is 2. The summed E-state index contributed by atoms with van der Waals surface area (Å²) in [6.07, 6.45) is 2.33. The molecule has 0 aromatic heterocycles. The molecule has 2 aliphatic carbocycles. The van der Waals surface area contributed by atoms with Crippen LogP contribution < -0.4 is 0 Å². The molecule has 0 amide bonds. The normalized spacial score (nSPS) is 28.5. The molecule has 0 heterocycles. The lowest BCUT2D eigenvalue weighted by atomic mass is 10.1.